The molecule has 0 saturated heterocycles. The number of benzene rings is 1. The Morgan fingerprint density at radius 1 is 1.23 bits per heavy atom. The van der Waals surface area contributed by atoms with Gasteiger partial charge in [0.25, 0.3) is 5.78 Å². The van der Waals surface area contributed by atoms with Gasteiger partial charge in [-0.15, -0.1) is 10.2 Å². The van der Waals surface area contributed by atoms with E-state index in [0.717, 1.165) is 15.9 Å². The van der Waals surface area contributed by atoms with Crippen molar-refractivity contribution in [1.29, 1.82) is 0 Å². The third-order valence-electron chi connectivity index (χ3n) is 3.16. The smallest absolute Gasteiger partial charge is 0.256 e. The van der Waals surface area contributed by atoms with Gasteiger partial charge in [0.1, 0.15) is 0 Å². The zero-order chi connectivity index (χ0) is 15.7. The van der Waals surface area contributed by atoms with Gasteiger partial charge in [-0.1, -0.05) is 39.8 Å². The fraction of sp³-hybridized carbons (Fsp3) is 0.200. The molecular formula is C15H13BrN4OS. The summed E-state index contributed by atoms with van der Waals surface area (Å²) in [6, 6.07) is 9.32. The quantitative estimate of drug-likeness (QED) is 0.515. The van der Waals surface area contributed by atoms with Gasteiger partial charge in [-0.2, -0.15) is 0 Å². The molecule has 5 nitrogen and oxygen atoms in total. The Bertz CT molecular complexity index is 845. The summed E-state index contributed by atoms with van der Waals surface area (Å²) in [6.45, 7) is 3.90. The van der Waals surface area contributed by atoms with E-state index in [4.69, 9.17) is 0 Å². The van der Waals surface area contributed by atoms with Gasteiger partial charge in [-0.05, 0) is 32.0 Å². The van der Waals surface area contributed by atoms with E-state index in [2.05, 4.69) is 31.1 Å². The Balaban J connectivity index is 1.79. The van der Waals surface area contributed by atoms with Crippen molar-refractivity contribution in [3.63, 3.8) is 0 Å². The summed E-state index contributed by atoms with van der Waals surface area (Å²) in [4.78, 5) is 16.6. The summed E-state index contributed by atoms with van der Waals surface area (Å²) in [5.41, 5.74) is 2.60. The molecule has 3 rings (SSSR count). The number of hydrogen-bond donors (Lipinski definition) is 0. The summed E-state index contributed by atoms with van der Waals surface area (Å²) in [7, 11) is 0. The van der Waals surface area contributed by atoms with Gasteiger partial charge < -0.3 is 0 Å². The van der Waals surface area contributed by atoms with Gasteiger partial charge in [0.15, 0.2) is 10.9 Å². The van der Waals surface area contributed by atoms with Gasteiger partial charge >= 0.3 is 0 Å². The second-order valence-electron chi connectivity index (χ2n) is 4.88. The van der Waals surface area contributed by atoms with Crippen LogP contribution in [0.2, 0.25) is 0 Å². The predicted octanol–water partition coefficient (Wildman–Crippen LogP) is 3.48. The van der Waals surface area contributed by atoms with Crippen molar-refractivity contribution in [3.05, 3.63) is 51.8 Å². The number of halogens is 1. The first-order valence-electron chi connectivity index (χ1n) is 6.65. The van der Waals surface area contributed by atoms with Crippen LogP contribution in [0.5, 0.6) is 0 Å². The van der Waals surface area contributed by atoms with Crippen LogP contribution >= 0.6 is 27.7 Å². The van der Waals surface area contributed by atoms with E-state index >= 15 is 0 Å². The number of carbonyl (C=O) groups is 1. The van der Waals surface area contributed by atoms with E-state index in [0.29, 0.717) is 22.3 Å². The van der Waals surface area contributed by atoms with Gasteiger partial charge in [0, 0.05) is 21.4 Å². The van der Waals surface area contributed by atoms with Crippen LogP contribution in [0, 0.1) is 13.8 Å². The van der Waals surface area contributed by atoms with Gasteiger partial charge in [-0.25, -0.2) is 4.98 Å². The molecule has 0 atom stereocenters. The molecule has 0 aliphatic rings. The summed E-state index contributed by atoms with van der Waals surface area (Å²) in [6.07, 6.45) is 0. The molecule has 0 unspecified atom stereocenters. The van der Waals surface area contributed by atoms with Crippen molar-refractivity contribution < 1.29 is 4.79 Å². The second-order valence-corrected chi connectivity index (χ2v) is 6.73. The number of rotatable bonds is 4. The van der Waals surface area contributed by atoms with Gasteiger partial charge in [-0.3, -0.25) is 9.20 Å². The van der Waals surface area contributed by atoms with Crippen molar-refractivity contribution in [1.82, 2.24) is 19.6 Å². The number of thioether (sulfide) groups is 1. The largest absolute Gasteiger partial charge is 0.293 e. The average Bonchev–Trinajstić information content (AvgIpc) is 2.88. The minimum Gasteiger partial charge on any atom is -0.293 e. The molecule has 0 aliphatic carbocycles. The zero-order valence-corrected chi connectivity index (χ0v) is 14.5. The highest BCUT2D eigenvalue weighted by Gasteiger charge is 2.13. The maximum Gasteiger partial charge on any atom is 0.256 e. The SMILES string of the molecule is Cc1cc(C)n2c(SCC(=O)c3ccc(Br)cc3)nnc2n1. The molecule has 0 spiro atoms. The molecule has 0 fully saturated rings. The van der Waals surface area contributed by atoms with Crippen LogP contribution in [0.4, 0.5) is 0 Å². The minimum absolute atomic E-state index is 0.0620. The first-order chi connectivity index (χ1) is 10.5. The number of ketones is 1. The first-order valence-corrected chi connectivity index (χ1v) is 8.43. The maximum atomic E-state index is 12.2. The Morgan fingerprint density at radius 3 is 2.68 bits per heavy atom. The Hall–Kier alpha value is -1.73. The molecular weight excluding hydrogens is 364 g/mol. The van der Waals surface area contributed by atoms with Crippen LogP contribution in [-0.2, 0) is 0 Å². The van der Waals surface area contributed by atoms with Crippen LogP contribution in [0.25, 0.3) is 5.78 Å². The molecule has 7 heteroatoms. The molecule has 112 valence electrons. The van der Waals surface area contributed by atoms with Crippen molar-refractivity contribution in [2.45, 2.75) is 19.0 Å². The predicted molar refractivity (Wildman–Crippen MR) is 89.5 cm³/mol. The summed E-state index contributed by atoms with van der Waals surface area (Å²) >= 11 is 4.73. The maximum absolute atomic E-state index is 12.2. The highest BCUT2D eigenvalue weighted by molar-refractivity contribution is 9.10. The summed E-state index contributed by atoms with van der Waals surface area (Å²) < 4.78 is 2.82. The number of aromatic nitrogens is 4. The molecule has 0 radical (unpaired) electrons. The van der Waals surface area contributed by atoms with Crippen molar-refractivity contribution in [2.75, 3.05) is 5.75 Å². The minimum atomic E-state index is 0.0620. The number of nitrogens with zero attached hydrogens (tertiary/aromatic N) is 4. The topological polar surface area (TPSA) is 60.2 Å². The lowest BCUT2D eigenvalue weighted by Gasteiger charge is -2.04. The van der Waals surface area contributed by atoms with Crippen LogP contribution in [-0.4, -0.2) is 31.1 Å². The van der Waals surface area contributed by atoms with Crippen LogP contribution in [0.15, 0.2) is 40.0 Å². The second kappa shape index (κ2) is 6.18. The zero-order valence-electron chi connectivity index (χ0n) is 12.1. The number of Topliss-reactive ketones (excluding diaryl/α,β-unsaturated/α-hetero) is 1. The van der Waals surface area contributed by atoms with Crippen molar-refractivity contribution >= 4 is 39.3 Å². The highest BCUT2D eigenvalue weighted by Crippen LogP contribution is 2.20. The summed E-state index contributed by atoms with van der Waals surface area (Å²) in [5, 5.41) is 8.88. The van der Waals surface area contributed by atoms with Gasteiger partial charge in [0.05, 0.1) is 5.75 Å². The van der Waals surface area contributed by atoms with Crippen molar-refractivity contribution in [3.8, 4) is 0 Å². The fourth-order valence-electron chi connectivity index (χ4n) is 2.14. The molecule has 0 saturated carbocycles. The molecule has 2 heterocycles. The standard InChI is InChI=1S/C15H13BrN4OS/c1-9-7-10(2)20-14(17-9)18-19-15(20)22-8-13(21)11-3-5-12(16)6-4-11/h3-7H,8H2,1-2H3. The van der Waals surface area contributed by atoms with Crippen LogP contribution in [0.3, 0.4) is 0 Å². The van der Waals surface area contributed by atoms with Crippen LogP contribution < -0.4 is 0 Å². The monoisotopic (exact) mass is 376 g/mol. The number of aryl methyl sites for hydroxylation is 2. The number of carbonyl (C=O) groups excluding carboxylic acids is 1. The third-order valence-corrected chi connectivity index (χ3v) is 4.62. The van der Waals surface area contributed by atoms with E-state index in [-0.39, 0.29) is 5.78 Å². The van der Waals surface area contributed by atoms with E-state index in [9.17, 15) is 4.79 Å². The van der Waals surface area contributed by atoms with E-state index in [1.54, 1.807) is 0 Å². The lowest BCUT2D eigenvalue weighted by atomic mass is 10.2. The van der Waals surface area contributed by atoms with E-state index < -0.39 is 0 Å². The van der Waals surface area contributed by atoms with Crippen LogP contribution in [0.1, 0.15) is 21.7 Å². The molecule has 2 aromatic heterocycles. The first kappa shape index (κ1) is 15.2. The van der Waals surface area contributed by atoms with E-state index in [1.807, 2.05) is 48.6 Å². The Kier molecular flexibility index (Phi) is 4.26. The van der Waals surface area contributed by atoms with E-state index in [1.165, 1.54) is 11.8 Å². The third kappa shape index (κ3) is 3.05. The normalized spacial score (nSPS) is 11.0. The lowest BCUT2D eigenvalue weighted by Crippen LogP contribution is -2.04. The molecule has 1 aromatic carbocycles. The molecule has 0 N–H and O–H groups in total. The molecule has 0 bridgehead atoms. The Labute approximate surface area is 140 Å². The summed E-state index contributed by atoms with van der Waals surface area (Å²) in [5.74, 6) is 0.943. The Morgan fingerprint density at radius 2 is 1.95 bits per heavy atom. The average molecular weight is 377 g/mol. The molecule has 0 amide bonds. The van der Waals surface area contributed by atoms with Gasteiger partial charge in [0.2, 0.25) is 0 Å². The van der Waals surface area contributed by atoms with Crippen molar-refractivity contribution in [2.24, 2.45) is 0 Å². The number of hydrogen-bond acceptors (Lipinski definition) is 5. The molecule has 0 aliphatic heterocycles. The molecule has 3 aromatic rings. The highest BCUT2D eigenvalue weighted by atomic mass is 79.9. The fourth-order valence-corrected chi connectivity index (χ4v) is 3.29. The molecule has 22 heavy (non-hydrogen) atoms. The number of fused-ring (bicyclic) bond motifs is 1. The lowest BCUT2D eigenvalue weighted by molar-refractivity contribution is 0.102.